The molecule has 2 N–H and O–H groups in total. The molecule has 4 aromatic carbocycles. The molecule has 0 aromatic heterocycles. The van der Waals surface area contributed by atoms with Gasteiger partial charge in [-0.15, -0.1) is 6.58 Å². The summed E-state index contributed by atoms with van der Waals surface area (Å²) in [5.41, 5.74) is 2.75. The molecule has 162 valence electrons. The van der Waals surface area contributed by atoms with Crippen LogP contribution < -0.4 is 10.0 Å². The van der Waals surface area contributed by atoms with Crippen LogP contribution in [0.25, 0.3) is 10.8 Å². The maximum Gasteiger partial charge on any atom is 0.241 e. The van der Waals surface area contributed by atoms with Crippen molar-refractivity contribution >= 4 is 26.5 Å². The van der Waals surface area contributed by atoms with Gasteiger partial charge in [-0.1, -0.05) is 84.4 Å². The summed E-state index contributed by atoms with van der Waals surface area (Å²) in [6.07, 6.45) is 1.74. The molecule has 5 heteroatoms. The van der Waals surface area contributed by atoms with Crippen LogP contribution >= 0.6 is 0 Å². The minimum Gasteiger partial charge on any atom is -0.377 e. The average molecular weight is 443 g/mol. The van der Waals surface area contributed by atoms with E-state index < -0.39 is 16.1 Å². The molecular weight excluding hydrogens is 416 g/mol. The average Bonchev–Trinajstić information content (AvgIpc) is 2.82. The van der Waals surface area contributed by atoms with E-state index in [-0.39, 0.29) is 10.9 Å². The van der Waals surface area contributed by atoms with Crippen LogP contribution in [0.1, 0.15) is 17.2 Å². The van der Waals surface area contributed by atoms with Crippen LogP contribution in [0.5, 0.6) is 0 Å². The maximum atomic E-state index is 13.2. The molecule has 32 heavy (non-hydrogen) atoms. The first kappa shape index (κ1) is 21.8. The summed E-state index contributed by atoms with van der Waals surface area (Å²) in [7, 11) is -3.74. The first-order chi connectivity index (χ1) is 15.5. The summed E-state index contributed by atoms with van der Waals surface area (Å²) in [5, 5.41) is 5.71. The third-order valence-corrected chi connectivity index (χ3v) is 6.92. The zero-order valence-electron chi connectivity index (χ0n) is 17.9. The third kappa shape index (κ3) is 4.90. The van der Waals surface area contributed by atoms with E-state index in [9.17, 15) is 8.42 Å². The van der Waals surface area contributed by atoms with Crippen molar-refractivity contribution in [1.82, 2.24) is 4.72 Å². The molecule has 0 radical (unpaired) electrons. The number of benzene rings is 4. The molecule has 0 amide bonds. The van der Waals surface area contributed by atoms with E-state index >= 15 is 0 Å². The largest absolute Gasteiger partial charge is 0.377 e. The highest BCUT2D eigenvalue weighted by atomic mass is 32.2. The number of aryl methyl sites for hydroxylation is 1. The van der Waals surface area contributed by atoms with Gasteiger partial charge in [0, 0.05) is 5.69 Å². The lowest BCUT2D eigenvalue weighted by atomic mass is 9.99. The lowest BCUT2D eigenvalue weighted by molar-refractivity contribution is 0.544. The Kier molecular flexibility index (Phi) is 6.40. The maximum absolute atomic E-state index is 13.2. The molecular formula is C27H26N2O2S. The Balaban J connectivity index is 1.68. The van der Waals surface area contributed by atoms with E-state index in [4.69, 9.17) is 0 Å². The smallest absolute Gasteiger partial charge is 0.241 e. The minimum atomic E-state index is -3.74. The molecule has 0 fully saturated rings. The lowest BCUT2D eigenvalue weighted by Gasteiger charge is -2.28. The van der Waals surface area contributed by atoms with Gasteiger partial charge in [0.15, 0.2) is 0 Å². The summed E-state index contributed by atoms with van der Waals surface area (Å²) in [4.78, 5) is 0.234. The Morgan fingerprint density at radius 2 is 1.47 bits per heavy atom. The van der Waals surface area contributed by atoms with E-state index in [2.05, 4.69) is 34.8 Å². The van der Waals surface area contributed by atoms with Gasteiger partial charge < -0.3 is 5.32 Å². The van der Waals surface area contributed by atoms with Gasteiger partial charge in [-0.25, -0.2) is 13.1 Å². The van der Waals surface area contributed by atoms with Gasteiger partial charge in [0.1, 0.15) is 0 Å². The summed E-state index contributed by atoms with van der Waals surface area (Å²) in [6.45, 7) is 5.91. The zero-order chi connectivity index (χ0) is 22.6. The molecule has 4 rings (SSSR count). The number of rotatable bonds is 8. The van der Waals surface area contributed by atoms with Gasteiger partial charge in [0.2, 0.25) is 10.0 Å². The molecule has 0 heterocycles. The monoisotopic (exact) mass is 442 g/mol. The van der Waals surface area contributed by atoms with Crippen molar-refractivity contribution in [2.24, 2.45) is 0 Å². The van der Waals surface area contributed by atoms with Crippen molar-refractivity contribution in [3.8, 4) is 0 Å². The van der Waals surface area contributed by atoms with Crippen LogP contribution in [0.15, 0.2) is 115 Å². The van der Waals surface area contributed by atoms with Crippen molar-refractivity contribution in [1.29, 1.82) is 0 Å². The van der Waals surface area contributed by atoms with Crippen molar-refractivity contribution in [2.75, 3.05) is 5.32 Å². The predicted octanol–water partition coefficient (Wildman–Crippen LogP) is 5.83. The molecule has 0 bridgehead atoms. The molecule has 4 aromatic rings. The van der Waals surface area contributed by atoms with Crippen molar-refractivity contribution in [3.63, 3.8) is 0 Å². The summed E-state index contributed by atoms with van der Waals surface area (Å²) in [5.74, 6) is 0. The zero-order valence-corrected chi connectivity index (χ0v) is 18.7. The first-order valence-electron chi connectivity index (χ1n) is 10.5. The summed E-state index contributed by atoms with van der Waals surface area (Å²) in [6, 6.07) is 29.7. The molecule has 0 unspecified atom stereocenters. The Labute approximate surface area is 189 Å². The number of hydrogen-bond acceptors (Lipinski definition) is 3. The van der Waals surface area contributed by atoms with Gasteiger partial charge >= 0.3 is 0 Å². The molecule has 0 aliphatic carbocycles. The van der Waals surface area contributed by atoms with Gasteiger partial charge in [0.25, 0.3) is 0 Å². The van der Waals surface area contributed by atoms with Crippen molar-refractivity contribution in [3.05, 3.63) is 121 Å². The van der Waals surface area contributed by atoms with E-state index in [1.54, 1.807) is 30.3 Å². The highest BCUT2D eigenvalue weighted by molar-refractivity contribution is 7.89. The normalized spacial score (nSPS) is 13.4. The van der Waals surface area contributed by atoms with Gasteiger partial charge in [-0.2, -0.15) is 0 Å². The Morgan fingerprint density at radius 3 is 2.16 bits per heavy atom. The fourth-order valence-electron chi connectivity index (χ4n) is 3.71. The molecule has 0 saturated carbocycles. The van der Waals surface area contributed by atoms with E-state index in [0.29, 0.717) is 0 Å². The fraction of sp³-hybridized carbons (Fsp3) is 0.111. The molecule has 2 atom stereocenters. The molecule has 0 spiro atoms. The van der Waals surface area contributed by atoms with Crippen LogP contribution in [0.4, 0.5) is 5.69 Å². The van der Waals surface area contributed by atoms with Crippen LogP contribution in [0, 0.1) is 6.92 Å². The van der Waals surface area contributed by atoms with Crippen LogP contribution in [0.3, 0.4) is 0 Å². The molecule has 0 aliphatic heterocycles. The number of fused-ring (bicyclic) bond motifs is 1. The fourth-order valence-corrected chi connectivity index (χ4v) is 4.96. The molecule has 4 nitrogen and oxygen atoms in total. The Hall–Kier alpha value is -3.41. The van der Waals surface area contributed by atoms with E-state index in [0.717, 1.165) is 27.6 Å². The third-order valence-electron chi connectivity index (χ3n) is 5.47. The van der Waals surface area contributed by atoms with E-state index in [1.165, 1.54) is 0 Å². The predicted molar refractivity (Wildman–Crippen MR) is 132 cm³/mol. The topological polar surface area (TPSA) is 58.2 Å². The Bertz CT molecular complexity index is 1320. The second kappa shape index (κ2) is 9.39. The molecule has 0 saturated heterocycles. The van der Waals surface area contributed by atoms with Crippen molar-refractivity contribution < 1.29 is 8.42 Å². The summed E-state index contributed by atoms with van der Waals surface area (Å²) < 4.78 is 29.3. The highest BCUT2D eigenvalue weighted by Gasteiger charge is 2.27. The van der Waals surface area contributed by atoms with Crippen molar-refractivity contribution in [2.45, 2.75) is 23.9 Å². The first-order valence-corrected chi connectivity index (χ1v) is 12.0. The second-order valence-corrected chi connectivity index (χ2v) is 9.50. The van der Waals surface area contributed by atoms with Crippen LogP contribution in [-0.4, -0.2) is 14.5 Å². The Morgan fingerprint density at radius 1 is 0.812 bits per heavy atom. The van der Waals surface area contributed by atoms with Gasteiger partial charge in [0.05, 0.1) is 17.0 Å². The number of hydrogen-bond donors (Lipinski definition) is 2. The quantitative estimate of drug-likeness (QED) is 0.337. The second-order valence-electron chi connectivity index (χ2n) is 7.79. The standard InChI is InChI=1S/C27H26N2O2S/c1-3-26(28-24-16-15-21-9-7-8-12-23(21)19-24)27(22-10-5-4-6-11-22)29-32(30,31)25-17-13-20(2)14-18-25/h3-19,26-29H,1H2,2H3/t26-,27-/m1/s1. The van der Waals surface area contributed by atoms with Crippen LogP contribution in [-0.2, 0) is 10.0 Å². The van der Waals surface area contributed by atoms with Gasteiger partial charge in [-0.3, -0.25) is 0 Å². The molecule has 0 aliphatic rings. The number of sulfonamides is 1. The lowest BCUT2D eigenvalue weighted by Crippen LogP contribution is -2.39. The minimum absolute atomic E-state index is 0.234. The van der Waals surface area contributed by atoms with E-state index in [1.807, 2.05) is 61.5 Å². The number of anilines is 1. The SMILES string of the molecule is C=C[C@@H](Nc1ccc2ccccc2c1)[C@H](NS(=O)(=O)c1ccc(C)cc1)c1ccccc1. The van der Waals surface area contributed by atoms with Gasteiger partial charge in [-0.05, 0) is 47.5 Å². The van der Waals surface area contributed by atoms with Crippen LogP contribution in [0.2, 0.25) is 0 Å². The number of nitrogens with one attached hydrogen (secondary N) is 2. The summed E-state index contributed by atoms with van der Waals surface area (Å²) >= 11 is 0. The highest BCUT2D eigenvalue weighted by Crippen LogP contribution is 2.26.